The fourth-order valence-electron chi connectivity index (χ4n) is 8.45. The van der Waals surface area contributed by atoms with Crippen molar-refractivity contribution in [1.29, 1.82) is 5.26 Å². The van der Waals surface area contributed by atoms with Crippen molar-refractivity contribution >= 4 is 0 Å². The molecule has 4 heteroatoms. The Labute approximate surface area is 332 Å². The van der Waals surface area contributed by atoms with Gasteiger partial charge in [-0.3, -0.25) is 0 Å². The summed E-state index contributed by atoms with van der Waals surface area (Å²) in [6, 6.07) is 74.0. The van der Waals surface area contributed by atoms with E-state index >= 15 is 0 Å². The zero-order valence-corrected chi connectivity index (χ0v) is 30.9. The highest BCUT2D eigenvalue weighted by Crippen LogP contribution is 2.57. The normalized spacial score (nSPS) is 12.3. The molecule has 0 N–H and O–H groups in total. The number of hydrogen-bond donors (Lipinski definition) is 0. The fraction of sp³-hybridized carbons (Fsp3) is 0.0189. The van der Waals surface area contributed by atoms with E-state index < -0.39 is 5.41 Å². The predicted octanol–water partition coefficient (Wildman–Crippen LogP) is 12.4. The molecule has 4 nitrogen and oxygen atoms in total. The van der Waals surface area contributed by atoms with Crippen LogP contribution in [0.3, 0.4) is 0 Å². The van der Waals surface area contributed by atoms with E-state index in [4.69, 9.17) is 15.0 Å². The van der Waals surface area contributed by atoms with E-state index in [1.165, 1.54) is 22.3 Å². The maximum atomic E-state index is 9.73. The maximum Gasteiger partial charge on any atom is 0.164 e. The molecule has 8 aromatic carbocycles. The zero-order valence-electron chi connectivity index (χ0n) is 30.9. The molecule has 57 heavy (non-hydrogen) atoms. The molecule has 1 aliphatic rings. The summed E-state index contributed by atoms with van der Waals surface area (Å²) in [5.74, 6) is 1.74. The number of nitrogens with zero attached hydrogens (tertiary/aromatic N) is 4. The lowest BCUT2D eigenvalue weighted by atomic mass is 9.67. The Morgan fingerprint density at radius 2 is 0.860 bits per heavy atom. The van der Waals surface area contributed by atoms with Gasteiger partial charge in [-0.25, -0.2) is 15.0 Å². The maximum absolute atomic E-state index is 9.73. The van der Waals surface area contributed by atoms with Crippen molar-refractivity contribution in [1.82, 2.24) is 15.0 Å². The molecule has 0 saturated heterocycles. The van der Waals surface area contributed by atoms with Crippen LogP contribution in [0.4, 0.5) is 0 Å². The minimum Gasteiger partial charge on any atom is -0.208 e. The minimum absolute atomic E-state index is 0.567. The monoisotopic (exact) mass is 726 g/mol. The summed E-state index contributed by atoms with van der Waals surface area (Å²) in [6.07, 6.45) is 0. The standard InChI is InChI=1S/C53H34N4/c54-35-36-28-30-38(31-29-36)45-33-46-44-26-13-14-27-48(44)53(42-22-9-3-10-23-42,43-24-11-4-12-25-43)49(46)34-47(45)52-56-50(39-18-7-2-8-19-39)55-51(57-52)41-21-15-20-40(32-41)37-16-5-1-6-17-37/h1-34H. The SMILES string of the molecule is N#Cc1ccc(-c2cc3c(cc2-c2nc(-c4ccccc4)nc(-c4cccc(-c5ccccc5)c4)n2)C(c2ccccc2)(c2ccccc2)c2ccccc2-3)cc1. The van der Waals surface area contributed by atoms with Crippen LogP contribution in [0.1, 0.15) is 27.8 Å². The molecule has 9 aromatic rings. The largest absolute Gasteiger partial charge is 0.208 e. The van der Waals surface area contributed by atoms with Gasteiger partial charge in [-0.2, -0.15) is 5.26 Å². The average molecular weight is 727 g/mol. The molecule has 0 fully saturated rings. The highest BCUT2D eigenvalue weighted by Gasteiger charge is 2.46. The second kappa shape index (κ2) is 14.2. The van der Waals surface area contributed by atoms with Gasteiger partial charge in [0.25, 0.3) is 0 Å². The topological polar surface area (TPSA) is 62.5 Å². The molecule has 266 valence electrons. The molecule has 0 saturated carbocycles. The summed E-state index contributed by atoms with van der Waals surface area (Å²) in [4.78, 5) is 15.8. The number of fused-ring (bicyclic) bond motifs is 3. The number of rotatable bonds is 7. The summed E-state index contributed by atoms with van der Waals surface area (Å²) >= 11 is 0. The van der Waals surface area contributed by atoms with Crippen LogP contribution in [0.25, 0.3) is 67.5 Å². The first kappa shape index (κ1) is 33.8. The van der Waals surface area contributed by atoms with Crippen LogP contribution < -0.4 is 0 Å². The molecule has 0 radical (unpaired) electrons. The molecule has 0 atom stereocenters. The summed E-state index contributed by atoms with van der Waals surface area (Å²) in [6.45, 7) is 0. The predicted molar refractivity (Wildman–Crippen MR) is 229 cm³/mol. The van der Waals surface area contributed by atoms with Crippen LogP contribution >= 0.6 is 0 Å². The quantitative estimate of drug-likeness (QED) is 0.164. The van der Waals surface area contributed by atoms with E-state index in [1.54, 1.807) is 0 Å². The molecule has 10 rings (SSSR count). The number of aromatic nitrogens is 3. The first-order valence-electron chi connectivity index (χ1n) is 19.1. The van der Waals surface area contributed by atoms with E-state index in [0.717, 1.165) is 50.1 Å². The van der Waals surface area contributed by atoms with Crippen molar-refractivity contribution in [2.75, 3.05) is 0 Å². The van der Waals surface area contributed by atoms with Gasteiger partial charge in [0.2, 0.25) is 0 Å². The van der Waals surface area contributed by atoms with Gasteiger partial charge in [0.05, 0.1) is 17.0 Å². The lowest BCUT2D eigenvalue weighted by molar-refractivity contribution is 0.768. The Balaban J connectivity index is 1.29. The Morgan fingerprint density at radius 3 is 1.51 bits per heavy atom. The summed E-state index contributed by atoms with van der Waals surface area (Å²) < 4.78 is 0. The Hall–Kier alpha value is -7.74. The van der Waals surface area contributed by atoms with Crippen LogP contribution in [0.5, 0.6) is 0 Å². The van der Waals surface area contributed by atoms with Crippen molar-refractivity contribution in [3.8, 4) is 73.6 Å². The molecule has 0 unspecified atom stereocenters. The van der Waals surface area contributed by atoms with Crippen LogP contribution in [-0.2, 0) is 5.41 Å². The highest BCUT2D eigenvalue weighted by molar-refractivity contribution is 5.94. The summed E-state index contributed by atoms with van der Waals surface area (Å²) in [5, 5.41) is 9.73. The van der Waals surface area contributed by atoms with Gasteiger partial charge in [0, 0.05) is 16.7 Å². The van der Waals surface area contributed by atoms with E-state index in [0.29, 0.717) is 23.0 Å². The second-order valence-electron chi connectivity index (χ2n) is 14.3. The van der Waals surface area contributed by atoms with Crippen LogP contribution in [0.2, 0.25) is 0 Å². The van der Waals surface area contributed by atoms with E-state index in [-0.39, 0.29) is 0 Å². The van der Waals surface area contributed by atoms with Crippen LogP contribution in [0.15, 0.2) is 206 Å². The van der Waals surface area contributed by atoms with Gasteiger partial charge in [-0.15, -0.1) is 0 Å². The van der Waals surface area contributed by atoms with Gasteiger partial charge in [0.1, 0.15) is 0 Å². The molecular formula is C53H34N4. The number of benzene rings is 8. The van der Waals surface area contributed by atoms with Gasteiger partial charge < -0.3 is 0 Å². The zero-order chi connectivity index (χ0) is 38.2. The van der Waals surface area contributed by atoms with Crippen LogP contribution in [-0.4, -0.2) is 15.0 Å². The Kier molecular flexibility index (Phi) is 8.39. The number of hydrogen-bond acceptors (Lipinski definition) is 4. The average Bonchev–Trinajstić information content (AvgIpc) is 3.60. The summed E-state index contributed by atoms with van der Waals surface area (Å²) in [7, 11) is 0. The minimum atomic E-state index is -0.617. The van der Waals surface area contributed by atoms with E-state index in [9.17, 15) is 5.26 Å². The van der Waals surface area contributed by atoms with Crippen molar-refractivity contribution in [2.24, 2.45) is 0 Å². The Morgan fingerprint density at radius 1 is 0.333 bits per heavy atom. The molecule has 1 heterocycles. The van der Waals surface area contributed by atoms with Crippen molar-refractivity contribution in [3.63, 3.8) is 0 Å². The third-order valence-electron chi connectivity index (χ3n) is 11.1. The molecule has 0 bridgehead atoms. The van der Waals surface area contributed by atoms with Crippen molar-refractivity contribution < 1.29 is 0 Å². The molecule has 0 aliphatic heterocycles. The highest BCUT2D eigenvalue weighted by atomic mass is 15.0. The number of nitriles is 1. The van der Waals surface area contributed by atoms with Crippen molar-refractivity contribution in [2.45, 2.75) is 5.41 Å². The van der Waals surface area contributed by atoms with Gasteiger partial charge in [-0.05, 0) is 86.0 Å². The molecular weight excluding hydrogens is 693 g/mol. The lowest BCUT2D eigenvalue weighted by Crippen LogP contribution is -2.28. The third-order valence-corrected chi connectivity index (χ3v) is 11.1. The first-order chi connectivity index (χ1) is 28.2. The second-order valence-corrected chi connectivity index (χ2v) is 14.3. The fourth-order valence-corrected chi connectivity index (χ4v) is 8.45. The first-order valence-corrected chi connectivity index (χ1v) is 19.1. The Bertz CT molecular complexity index is 2900. The lowest BCUT2D eigenvalue weighted by Gasteiger charge is -2.34. The third kappa shape index (κ3) is 5.82. The molecule has 0 spiro atoms. The van der Waals surface area contributed by atoms with Crippen molar-refractivity contribution in [3.05, 3.63) is 234 Å². The molecule has 1 aromatic heterocycles. The van der Waals surface area contributed by atoms with Gasteiger partial charge >= 0.3 is 0 Å². The van der Waals surface area contributed by atoms with E-state index in [2.05, 4.69) is 152 Å². The van der Waals surface area contributed by atoms with Gasteiger partial charge in [0.15, 0.2) is 17.5 Å². The smallest absolute Gasteiger partial charge is 0.164 e. The molecule has 0 amide bonds. The molecule has 1 aliphatic carbocycles. The van der Waals surface area contributed by atoms with Crippen LogP contribution in [0, 0.1) is 11.3 Å². The summed E-state index contributed by atoms with van der Waals surface area (Å²) in [5.41, 5.74) is 13.9. The van der Waals surface area contributed by atoms with Gasteiger partial charge in [-0.1, -0.05) is 176 Å². The van der Waals surface area contributed by atoms with E-state index in [1.807, 2.05) is 60.7 Å².